The fourth-order valence-corrected chi connectivity index (χ4v) is 1.26. The lowest BCUT2D eigenvalue weighted by Gasteiger charge is -2.06. The van der Waals surface area contributed by atoms with Gasteiger partial charge < -0.3 is 5.32 Å². The highest BCUT2D eigenvalue weighted by Crippen LogP contribution is 2.05. The Kier molecular flexibility index (Phi) is 5.37. The molecule has 0 aliphatic heterocycles. The van der Waals surface area contributed by atoms with E-state index in [1.54, 1.807) is 18.3 Å². The number of pyridine rings is 1. The Balaban J connectivity index is 2.53. The predicted molar refractivity (Wildman–Crippen MR) is 69.2 cm³/mol. The number of allylic oxidation sites excluding steroid dienone is 4. The molecule has 0 unspecified atom stereocenters. The Hall–Kier alpha value is -1.54. The average molecular weight is 235 g/mol. The minimum Gasteiger partial charge on any atom is -0.381 e. The number of halogens is 1. The van der Waals surface area contributed by atoms with Gasteiger partial charge in [0.15, 0.2) is 0 Å². The van der Waals surface area contributed by atoms with Crippen molar-refractivity contribution in [3.63, 3.8) is 0 Å². The van der Waals surface area contributed by atoms with Crippen molar-refractivity contribution in [3.8, 4) is 0 Å². The monoisotopic (exact) mass is 234 g/mol. The van der Waals surface area contributed by atoms with Crippen LogP contribution >= 0.6 is 11.6 Å². The van der Waals surface area contributed by atoms with Gasteiger partial charge in [-0.15, -0.1) is 0 Å². The first kappa shape index (κ1) is 12.5. The molecule has 0 atom stereocenters. The van der Waals surface area contributed by atoms with E-state index in [1.807, 2.05) is 31.2 Å². The lowest BCUT2D eigenvalue weighted by Crippen LogP contribution is -2.11. The molecule has 0 saturated carbocycles. The highest BCUT2D eigenvalue weighted by molar-refractivity contribution is 6.29. The molecule has 2 nitrogen and oxygen atoms in total. The Labute approximate surface area is 101 Å². The summed E-state index contributed by atoms with van der Waals surface area (Å²) >= 11 is 5.71. The Morgan fingerprint density at radius 1 is 1.56 bits per heavy atom. The van der Waals surface area contributed by atoms with Gasteiger partial charge in [-0.05, 0) is 24.6 Å². The van der Waals surface area contributed by atoms with Crippen LogP contribution in [-0.4, -0.2) is 4.98 Å². The maximum atomic E-state index is 5.71. The topological polar surface area (TPSA) is 24.9 Å². The summed E-state index contributed by atoms with van der Waals surface area (Å²) < 4.78 is 0. The van der Waals surface area contributed by atoms with Gasteiger partial charge in [0, 0.05) is 18.4 Å². The molecule has 0 aliphatic rings. The maximum Gasteiger partial charge on any atom is 0.129 e. The SMILES string of the molecule is C=C/C=C\C(=C/C)NCc1ccc(Cl)nc1. The molecule has 0 radical (unpaired) electrons. The van der Waals surface area contributed by atoms with Crippen molar-refractivity contribution in [2.45, 2.75) is 13.5 Å². The second kappa shape index (κ2) is 6.85. The second-order valence-corrected chi connectivity index (χ2v) is 3.57. The van der Waals surface area contributed by atoms with Crippen LogP contribution in [-0.2, 0) is 6.54 Å². The van der Waals surface area contributed by atoms with Crippen LogP contribution in [0.2, 0.25) is 5.15 Å². The number of rotatable bonds is 5. The van der Waals surface area contributed by atoms with E-state index in [0.29, 0.717) is 5.15 Å². The smallest absolute Gasteiger partial charge is 0.129 e. The molecule has 0 bridgehead atoms. The van der Waals surface area contributed by atoms with Crippen LogP contribution in [0.25, 0.3) is 0 Å². The third kappa shape index (κ3) is 4.32. The molecule has 0 aromatic carbocycles. The molecule has 0 spiro atoms. The summed E-state index contributed by atoms with van der Waals surface area (Å²) in [6, 6.07) is 3.74. The van der Waals surface area contributed by atoms with Crippen molar-refractivity contribution in [3.05, 3.63) is 65.6 Å². The van der Waals surface area contributed by atoms with Crippen molar-refractivity contribution in [1.29, 1.82) is 0 Å². The standard InChI is InChI=1S/C13H15ClN2/c1-3-5-6-12(4-2)15-9-11-7-8-13(14)16-10-11/h3-8,10,15H,1,9H2,2H3/b6-5-,12-4+. The molecule has 0 amide bonds. The highest BCUT2D eigenvalue weighted by Gasteiger charge is 1.94. The largest absolute Gasteiger partial charge is 0.381 e. The normalized spacial score (nSPS) is 11.8. The van der Waals surface area contributed by atoms with Crippen LogP contribution in [0.5, 0.6) is 0 Å². The van der Waals surface area contributed by atoms with Crippen LogP contribution in [0.15, 0.2) is 54.9 Å². The van der Waals surface area contributed by atoms with E-state index < -0.39 is 0 Å². The van der Waals surface area contributed by atoms with E-state index in [4.69, 9.17) is 11.6 Å². The van der Waals surface area contributed by atoms with Crippen molar-refractivity contribution in [2.24, 2.45) is 0 Å². The Morgan fingerprint density at radius 3 is 2.94 bits per heavy atom. The third-order valence-corrected chi connectivity index (χ3v) is 2.23. The number of aromatic nitrogens is 1. The van der Waals surface area contributed by atoms with E-state index >= 15 is 0 Å². The van der Waals surface area contributed by atoms with Gasteiger partial charge in [0.1, 0.15) is 5.15 Å². The molecule has 0 fully saturated rings. The quantitative estimate of drug-likeness (QED) is 0.623. The maximum absolute atomic E-state index is 5.71. The fraction of sp³-hybridized carbons (Fsp3) is 0.154. The summed E-state index contributed by atoms with van der Waals surface area (Å²) in [5, 5.41) is 3.80. The molecule has 0 aliphatic carbocycles. The molecular formula is C13H15ClN2. The Bertz CT molecular complexity index is 391. The molecule has 0 saturated heterocycles. The van der Waals surface area contributed by atoms with Gasteiger partial charge in [0.2, 0.25) is 0 Å². The van der Waals surface area contributed by atoms with Crippen LogP contribution in [0.1, 0.15) is 12.5 Å². The summed E-state index contributed by atoms with van der Waals surface area (Å²) in [5.74, 6) is 0. The van der Waals surface area contributed by atoms with Gasteiger partial charge in [0.25, 0.3) is 0 Å². The van der Waals surface area contributed by atoms with Crippen molar-refractivity contribution in [2.75, 3.05) is 0 Å². The molecular weight excluding hydrogens is 220 g/mol. The fourth-order valence-electron chi connectivity index (χ4n) is 1.14. The zero-order valence-electron chi connectivity index (χ0n) is 9.28. The lowest BCUT2D eigenvalue weighted by molar-refractivity contribution is 0.826. The number of nitrogens with zero attached hydrogens (tertiary/aromatic N) is 1. The van der Waals surface area contributed by atoms with Gasteiger partial charge in [-0.1, -0.05) is 42.5 Å². The summed E-state index contributed by atoms with van der Waals surface area (Å²) in [6.45, 7) is 6.34. The van der Waals surface area contributed by atoms with Crippen LogP contribution in [0.3, 0.4) is 0 Å². The molecule has 16 heavy (non-hydrogen) atoms. The minimum atomic E-state index is 0.515. The molecule has 1 heterocycles. The van der Waals surface area contributed by atoms with E-state index in [2.05, 4.69) is 16.9 Å². The van der Waals surface area contributed by atoms with E-state index in [1.165, 1.54) is 0 Å². The predicted octanol–water partition coefficient (Wildman–Crippen LogP) is 3.47. The van der Waals surface area contributed by atoms with Crippen molar-refractivity contribution >= 4 is 11.6 Å². The summed E-state index contributed by atoms with van der Waals surface area (Å²) in [4.78, 5) is 4.02. The van der Waals surface area contributed by atoms with Gasteiger partial charge >= 0.3 is 0 Å². The first-order valence-corrected chi connectivity index (χ1v) is 5.43. The number of nitrogens with one attached hydrogen (secondary N) is 1. The minimum absolute atomic E-state index is 0.515. The first-order valence-electron chi connectivity index (χ1n) is 5.06. The van der Waals surface area contributed by atoms with E-state index in [0.717, 1.165) is 17.8 Å². The van der Waals surface area contributed by atoms with Gasteiger partial charge in [0.05, 0.1) is 0 Å². The van der Waals surface area contributed by atoms with Crippen molar-refractivity contribution < 1.29 is 0 Å². The molecule has 1 N–H and O–H groups in total. The Morgan fingerprint density at radius 2 is 2.38 bits per heavy atom. The van der Waals surface area contributed by atoms with Gasteiger partial charge in [-0.25, -0.2) is 4.98 Å². The second-order valence-electron chi connectivity index (χ2n) is 3.18. The zero-order chi connectivity index (χ0) is 11.8. The first-order chi connectivity index (χ1) is 7.76. The van der Waals surface area contributed by atoms with E-state index in [-0.39, 0.29) is 0 Å². The zero-order valence-corrected chi connectivity index (χ0v) is 10.0. The van der Waals surface area contributed by atoms with Crippen molar-refractivity contribution in [1.82, 2.24) is 10.3 Å². The van der Waals surface area contributed by atoms with Crippen LogP contribution < -0.4 is 5.32 Å². The van der Waals surface area contributed by atoms with Crippen LogP contribution in [0.4, 0.5) is 0 Å². The average Bonchev–Trinajstić information content (AvgIpc) is 2.32. The summed E-state index contributed by atoms with van der Waals surface area (Å²) in [6.07, 6.45) is 9.37. The number of hydrogen-bond donors (Lipinski definition) is 1. The number of hydrogen-bond acceptors (Lipinski definition) is 2. The lowest BCUT2D eigenvalue weighted by atomic mass is 10.2. The third-order valence-electron chi connectivity index (χ3n) is 2.01. The molecule has 1 rings (SSSR count). The molecule has 84 valence electrons. The van der Waals surface area contributed by atoms with Gasteiger partial charge in [-0.3, -0.25) is 0 Å². The molecule has 1 aromatic heterocycles. The highest BCUT2D eigenvalue weighted by atomic mass is 35.5. The summed E-state index contributed by atoms with van der Waals surface area (Å²) in [5.41, 5.74) is 2.14. The van der Waals surface area contributed by atoms with E-state index in [9.17, 15) is 0 Å². The van der Waals surface area contributed by atoms with Crippen LogP contribution in [0, 0.1) is 0 Å². The van der Waals surface area contributed by atoms with Gasteiger partial charge in [-0.2, -0.15) is 0 Å². The molecule has 1 aromatic rings. The summed E-state index contributed by atoms with van der Waals surface area (Å²) in [7, 11) is 0. The molecule has 3 heteroatoms.